The van der Waals surface area contributed by atoms with Gasteiger partial charge in [0, 0.05) is 7.05 Å². The Morgan fingerprint density at radius 3 is 2.20 bits per heavy atom. The van der Waals surface area contributed by atoms with Gasteiger partial charge in [0.1, 0.15) is 17.2 Å². The number of benzene rings is 1. The highest BCUT2D eigenvalue weighted by Gasteiger charge is 2.40. The van der Waals surface area contributed by atoms with Gasteiger partial charge >= 0.3 is 5.97 Å². The summed E-state index contributed by atoms with van der Waals surface area (Å²) < 4.78 is 5.27. The van der Waals surface area contributed by atoms with Gasteiger partial charge in [-0.3, -0.25) is 4.79 Å². The number of esters is 1. The van der Waals surface area contributed by atoms with E-state index in [9.17, 15) is 20.1 Å². The number of carbonyl (C=O) groups excluding carboxylic acids is 2. The average molecular weight is 408 g/mol. The normalized spacial score (nSPS) is 16.8. The number of hydrogen-bond acceptors (Lipinski definition) is 5. The van der Waals surface area contributed by atoms with E-state index in [1.807, 2.05) is 30.3 Å². The molecule has 0 spiro atoms. The number of likely N-dealkylation sites (N-methyl/N-ethyl adjacent to an activating group) is 1. The SMILES string of the molecule is CC(C)c1ccc(/C=C(\C#N)C(=O)O[C@@H](C)C(=O)N(C)C2(C#N)CCCCC2)cc1. The van der Waals surface area contributed by atoms with Gasteiger partial charge in [-0.05, 0) is 42.9 Å². The van der Waals surface area contributed by atoms with Crippen LogP contribution >= 0.6 is 0 Å². The third kappa shape index (κ3) is 5.27. The third-order valence-electron chi connectivity index (χ3n) is 5.75. The number of nitriles is 2. The predicted molar refractivity (Wildman–Crippen MR) is 114 cm³/mol. The van der Waals surface area contributed by atoms with Crippen LogP contribution in [0.2, 0.25) is 0 Å². The van der Waals surface area contributed by atoms with E-state index in [0.717, 1.165) is 24.8 Å². The van der Waals surface area contributed by atoms with Crippen LogP contribution in [0, 0.1) is 22.7 Å². The summed E-state index contributed by atoms with van der Waals surface area (Å²) in [6, 6.07) is 11.7. The maximum Gasteiger partial charge on any atom is 0.349 e. The Morgan fingerprint density at radius 1 is 1.10 bits per heavy atom. The Morgan fingerprint density at radius 2 is 1.70 bits per heavy atom. The topological polar surface area (TPSA) is 94.2 Å². The standard InChI is InChI=1S/C24H29N3O3/c1-17(2)20-10-8-19(9-11-20)14-21(15-25)23(29)30-18(3)22(28)27(4)24(16-26)12-6-5-7-13-24/h8-11,14,17-18H,5-7,12-13H2,1-4H3/b21-14+/t18-/m0/s1. The fraction of sp³-hybridized carbons (Fsp3) is 0.500. The first-order valence-corrected chi connectivity index (χ1v) is 10.4. The first-order valence-electron chi connectivity index (χ1n) is 10.4. The zero-order valence-electron chi connectivity index (χ0n) is 18.1. The molecule has 2 rings (SSSR count). The molecule has 0 radical (unpaired) electrons. The van der Waals surface area contributed by atoms with Crippen molar-refractivity contribution in [3.8, 4) is 12.1 Å². The third-order valence-corrected chi connectivity index (χ3v) is 5.75. The van der Waals surface area contributed by atoms with E-state index >= 15 is 0 Å². The van der Waals surface area contributed by atoms with Crippen LogP contribution in [0.15, 0.2) is 29.8 Å². The number of hydrogen-bond donors (Lipinski definition) is 0. The van der Waals surface area contributed by atoms with Crippen molar-refractivity contribution in [2.75, 3.05) is 7.05 Å². The molecule has 1 aromatic rings. The largest absolute Gasteiger partial charge is 0.448 e. The van der Waals surface area contributed by atoms with E-state index in [0.29, 0.717) is 24.3 Å². The zero-order chi connectivity index (χ0) is 22.3. The molecule has 1 aromatic carbocycles. The van der Waals surface area contributed by atoms with Gasteiger partial charge in [-0.15, -0.1) is 0 Å². The minimum atomic E-state index is -1.09. The smallest absolute Gasteiger partial charge is 0.349 e. The summed E-state index contributed by atoms with van der Waals surface area (Å²) in [5, 5.41) is 19.1. The molecule has 1 atom stereocenters. The summed E-state index contributed by atoms with van der Waals surface area (Å²) in [6.07, 6.45) is 4.40. The summed E-state index contributed by atoms with van der Waals surface area (Å²) in [4.78, 5) is 26.7. The van der Waals surface area contributed by atoms with E-state index in [1.54, 1.807) is 7.05 Å². The van der Waals surface area contributed by atoms with Gasteiger partial charge in [0.2, 0.25) is 0 Å². The monoisotopic (exact) mass is 407 g/mol. The van der Waals surface area contributed by atoms with Gasteiger partial charge in [0.25, 0.3) is 5.91 Å². The summed E-state index contributed by atoms with van der Waals surface area (Å²) in [6.45, 7) is 5.64. The summed E-state index contributed by atoms with van der Waals surface area (Å²) in [5.74, 6) is -0.909. The Balaban J connectivity index is 2.09. The molecule has 1 aliphatic carbocycles. The number of rotatable bonds is 6. The van der Waals surface area contributed by atoms with Crippen LogP contribution in [0.5, 0.6) is 0 Å². The van der Waals surface area contributed by atoms with Crippen LogP contribution in [0.25, 0.3) is 6.08 Å². The van der Waals surface area contributed by atoms with Crippen molar-refractivity contribution in [2.45, 2.75) is 70.4 Å². The molecule has 0 unspecified atom stereocenters. The van der Waals surface area contributed by atoms with Crippen molar-refractivity contribution in [3.05, 3.63) is 41.0 Å². The molecule has 1 aliphatic rings. The van der Waals surface area contributed by atoms with E-state index in [-0.39, 0.29) is 5.57 Å². The number of nitrogens with zero attached hydrogens (tertiary/aromatic N) is 3. The lowest BCUT2D eigenvalue weighted by molar-refractivity contribution is -0.157. The van der Waals surface area contributed by atoms with Gasteiger partial charge in [0.05, 0.1) is 6.07 Å². The molecular weight excluding hydrogens is 378 g/mol. The van der Waals surface area contributed by atoms with Crippen molar-refractivity contribution in [1.29, 1.82) is 10.5 Å². The molecule has 0 heterocycles. The second kappa shape index (κ2) is 10.1. The average Bonchev–Trinajstić information content (AvgIpc) is 2.76. The Hall–Kier alpha value is -3.12. The van der Waals surface area contributed by atoms with Gasteiger partial charge in [0.15, 0.2) is 6.10 Å². The van der Waals surface area contributed by atoms with Gasteiger partial charge < -0.3 is 9.64 Å². The molecule has 1 fully saturated rings. The van der Waals surface area contributed by atoms with E-state index in [2.05, 4.69) is 19.9 Å². The molecule has 0 saturated heterocycles. The van der Waals surface area contributed by atoms with E-state index in [4.69, 9.17) is 4.74 Å². The highest BCUT2D eigenvalue weighted by molar-refractivity contribution is 5.99. The van der Waals surface area contributed by atoms with Gasteiger partial charge in [-0.2, -0.15) is 10.5 Å². The Bertz CT molecular complexity index is 882. The molecule has 6 nitrogen and oxygen atoms in total. The van der Waals surface area contributed by atoms with Gasteiger partial charge in [-0.25, -0.2) is 4.79 Å². The first-order chi connectivity index (χ1) is 14.2. The highest BCUT2D eigenvalue weighted by Crippen LogP contribution is 2.33. The lowest BCUT2D eigenvalue weighted by atomic mass is 9.81. The van der Waals surface area contributed by atoms with Crippen LogP contribution in [0.4, 0.5) is 0 Å². The predicted octanol–water partition coefficient (Wildman–Crippen LogP) is 4.33. The summed E-state index contributed by atoms with van der Waals surface area (Å²) in [7, 11) is 1.58. The lowest BCUT2D eigenvalue weighted by Gasteiger charge is -2.39. The molecule has 0 aliphatic heterocycles. The molecule has 1 saturated carbocycles. The summed E-state index contributed by atoms with van der Waals surface area (Å²) >= 11 is 0. The maximum absolute atomic E-state index is 12.8. The Kier molecular flexibility index (Phi) is 7.78. The number of ether oxygens (including phenoxy) is 1. The quantitative estimate of drug-likeness (QED) is 0.397. The highest BCUT2D eigenvalue weighted by atomic mass is 16.5. The molecule has 30 heavy (non-hydrogen) atoms. The van der Waals surface area contributed by atoms with Crippen molar-refractivity contribution < 1.29 is 14.3 Å². The van der Waals surface area contributed by atoms with Crippen LogP contribution < -0.4 is 0 Å². The van der Waals surface area contributed by atoms with Crippen molar-refractivity contribution in [1.82, 2.24) is 4.90 Å². The van der Waals surface area contributed by atoms with Crippen molar-refractivity contribution in [2.24, 2.45) is 0 Å². The van der Waals surface area contributed by atoms with E-state index in [1.165, 1.54) is 17.9 Å². The molecule has 0 aromatic heterocycles. The van der Waals surface area contributed by atoms with Crippen LogP contribution in [-0.4, -0.2) is 35.5 Å². The van der Waals surface area contributed by atoms with Gasteiger partial charge in [-0.1, -0.05) is 57.4 Å². The van der Waals surface area contributed by atoms with Crippen LogP contribution in [0.3, 0.4) is 0 Å². The second-order valence-electron chi connectivity index (χ2n) is 8.14. The molecule has 0 bridgehead atoms. The Labute approximate surface area is 178 Å². The van der Waals surface area contributed by atoms with Crippen LogP contribution in [-0.2, 0) is 14.3 Å². The fourth-order valence-corrected chi connectivity index (χ4v) is 3.70. The molecule has 158 valence electrons. The summed E-state index contributed by atoms with van der Waals surface area (Å²) in [5.41, 5.74) is 0.823. The van der Waals surface area contributed by atoms with Crippen molar-refractivity contribution in [3.63, 3.8) is 0 Å². The first kappa shape index (κ1) is 23.2. The molecule has 1 amide bonds. The number of amides is 1. The zero-order valence-corrected chi connectivity index (χ0v) is 18.1. The van der Waals surface area contributed by atoms with Crippen LogP contribution in [0.1, 0.15) is 69.9 Å². The van der Waals surface area contributed by atoms with Crippen molar-refractivity contribution >= 4 is 18.0 Å². The minimum absolute atomic E-state index is 0.178. The number of carbonyl (C=O) groups is 2. The molecular formula is C24H29N3O3. The fourth-order valence-electron chi connectivity index (χ4n) is 3.70. The minimum Gasteiger partial charge on any atom is -0.448 e. The molecule has 6 heteroatoms. The lowest BCUT2D eigenvalue weighted by Crippen LogP contribution is -2.53. The second-order valence-corrected chi connectivity index (χ2v) is 8.14. The molecule has 0 N–H and O–H groups in total. The maximum atomic E-state index is 12.8. The van der Waals surface area contributed by atoms with E-state index < -0.39 is 23.5 Å².